The summed E-state index contributed by atoms with van der Waals surface area (Å²) in [4.78, 5) is 35.7. The molecule has 2 aromatic heterocycles. The van der Waals surface area contributed by atoms with Crippen molar-refractivity contribution in [2.75, 3.05) is 13.1 Å². The third kappa shape index (κ3) is 3.35. The smallest absolute Gasteiger partial charge is 0.342 e. The molecule has 1 aliphatic heterocycles. The van der Waals surface area contributed by atoms with Crippen molar-refractivity contribution in [1.29, 1.82) is 0 Å². The van der Waals surface area contributed by atoms with E-state index in [1.54, 1.807) is 4.90 Å². The Morgan fingerprint density at radius 3 is 2.72 bits per heavy atom. The first-order valence-electron chi connectivity index (χ1n) is 7.91. The lowest BCUT2D eigenvalue weighted by Crippen LogP contribution is -2.38. The summed E-state index contributed by atoms with van der Waals surface area (Å²) < 4.78 is 40.4. The monoisotopic (exact) mass is 354 g/mol. The number of hydrogen-bond acceptors (Lipinski definition) is 4. The number of pyridine rings is 1. The number of nitrogens with one attached hydrogen (secondary N) is 1. The van der Waals surface area contributed by atoms with Crippen LogP contribution in [0.4, 0.5) is 13.2 Å². The Morgan fingerprint density at radius 2 is 2.08 bits per heavy atom. The molecule has 3 heterocycles. The molecule has 0 bridgehead atoms. The summed E-state index contributed by atoms with van der Waals surface area (Å²) in [5.41, 5.74) is -1.90. The van der Waals surface area contributed by atoms with Crippen LogP contribution in [0.2, 0.25) is 0 Å². The predicted molar refractivity (Wildman–Crippen MR) is 84.1 cm³/mol. The summed E-state index contributed by atoms with van der Waals surface area (Å²) in [7, 11) is 0. The summed E-state index contributed by atoms with van der Waals surface area (Å²) in [6.07, 6.45) is -3.39. The fourth-order valence-corrected chi connectivity index (χ4v) is 3.21. The van der Waals surface area contributed by atoms with Crippen LogP contribution in [-0.4, -0.2) is 38.8 Å². The van der Waals surface area contributed by atoms with Crippen molar-refractivity contribution < 1.29 is 18.0 Å². The van der Waals surface area contributed by atoms with Crippen LogP contribution < -0.4 is 5.56 Å². The number of nitrogens with zero attached hydrogens (tertiary/aromatic N) is 3. The fourth-order valence-electron chi connectivity index (χ4n) is 3.21. The van der Waals surface area contributed by atoms with Gasteiger partial charge in [0.2, 0.25) is 5.91 Å². The molecule has 0 aliphatic carbocycles. The molecule has 25 heavy (non-hydrogen) atoms. The lowest BCUT2D eigenvalue weighted by molar-refractivity contribution is -0.136. The van der Waals surface area contributed by atoms with Gasteiger partial charge in [0.25, 0.3) is 5.56 Å². The van der Waals surface area contributed by atoms with Gasteiger partial charge >= 0.3 is 6.18 Å². The van der Waals surface area contributed by atoms with Crippen LogP contribution in [-0.2, 0) is 11.0 Å². The van der Waals surface area contributed by atoms with Crippen molar-refractivity contribution >= 4 is 16.9 Å². The van der Waals surface area contributed by atoms with Crippen LogP contribution in [0.3, 0.4) is 0 Å². The van der Waals surface area contributed by atoms with Crippen LogP contribution in [0, 0.1) is 6.92 Å². The maximum absolute atomic E-state index is 13.5. The summed E-state index contributed by atoms with van der Waals surface area (Å²) in [5, 5.41) is -0.555. The number of hydrogen-bond donors (Lipinski definition) is 1. The number of aromatic nitrogens is 3. The molecule has 1 aliphatic rings. The molecule has 1 N–H and O–H groups in total. The molecule has 0 radical (unpaired) electrons. The average Bonchev–Trinajstić information content (AvgIpc) is 2.52. The van der Waals surface area contributed by atoms with E-state index >= 15 is 0 Å². The zero-order valence-corrected chi connectivity index (χ0v) is 13.8. The van der Waals surface area contributed by atoms with Crippen molar-refractivity contribution in [1.82, 2.24) is 19.9 Å². The van der Waals surface area contributed by atoms with Gasteiger partial charge in [0.1, 0.15) is 5.82 Å². The lowest BCUT2D eigenvalue weighted by Gasteiger charge is -2.32. The van der Waals surface area contributed by atoms with Gasteiger partial charge in [-0.3, -0.25) is 9.59 Å². The van der Waals surface area contributed by atoms with Gasteiger partial charge in [-0.05, 0) is 25.8 Å². The number of alkyl halides is 3. The van der Waals surface area contributed by atoms with Crippen molar-refractivity contribution in [3.05, 3.63) is 33.5 Å². The maximum Gasteiger partial charge on any atom is 0.417 e. The molecule has 9 heteroatoms. The minimum atomic E-state index is -4.70. The number of rotatable bonds is 1. The first-order valence-corrected chi connectivity index (χ1v) is 7.91. The molecular formula is C16H17F3N4O2. The number of aromatic amines is 1. The second-order valence-corrected chi connectivity index (χ2v) is 6.25. The molecule has 1 amide bonds. The number of fused-ring (bicyclic) bond motifs is 1. The Hall–Kier alpha value is -2.45. The highest BCUT2D eigenvalue weighted by Crippen LogP contribution is 2.35. The van der Waals surface area contributed by atoms with E-state index in [4.69, 9.17) is 0 Å². The maximum atomic E-state index is 13.5. The molecule has 1 atom stereocenters. The van der Waals surface area contributed by atoms with Crippen LogP contribution in [0.5, 0.6) is 0 Å². The Labute approximate surface area is 141 Å². The van der Waals surface area contributed by atoms with Crippen molar-refractivity contribution in [2.45, 2.75) is 38.8 Å². The molecule has 3 rings (SSSR count). The van der Waals surface area contributed by atoms with E-state index in [1.165, 1.54) is 13.8 Å². The summed E-state index contributed by atoms with van der Waals surface area (Å²) in [6, 6.07) is 0.920. The largest absolute Gasteiger partial charge is 0.417 e. The molecule has 2 aromatic rings. The van der Waals surface area contributed by atoms with Crippen molar-refractivity contribution in [3.8, 4) is 0 Å². The number of H-pyrrole nitrogens is 1. The lowest BCUT2D eigenvalue weighted by atomic mass is 9.93. The van der Waals surface area contributed by atoms with Gasteiger partial charge in [-0.1, -0.05) is 0 Å². The van der Waals surface area contributed by atoms with Crippen molar-refractivity contribution in [3.63, 3.8) is 0 Å². The highest BCUT2D eigenvalue weighted by Gasteiger charge is 2.36. The topological polar surface area (TPSA) is 79.0 Å². The average molecular weight is 354 g/mol. The normalized spacial score (nSPS) is 18.6. The van der Waals surface area contributed by atoms with E-state index in [9.17, 15) is 22.8 Å². The third-order valence-electron chi connectivity index (χ3n) is 4.41. The summed E-state index contributed by atoms with van der Waals surface area (Å²) >= 11 is 0. The fraction of sp³-hybridized carbons (Fsp3) is 0.500. The standard InChI is InChI=1S/C16H17F3N4O2/c1-8-20-14-13(15(25)21-8)11(16(17,18)19)6-12(22-14)10-4-3-5-23(7-10)9(2)24/h6,10H,3-5,7H2,1-2H3,(H,20,21,22,25)/t10-/m0/s1. The summed E-state index contributed by atoms with van der Waals surface area (Å²) in [5.74, 6) is -0.235. The molecule has 1 fully saturated rings. The zero-order chi connectivity index (χ0) is 18.4. The van der Waals surface area contributed by atoms with E-state index in [2.05, 4.69) is 15.0 Å². The SMILES string of the molecule is CC(=O)N1CCC[C@H](c2cc(C(F)(F)F)c3c(=O)[nH]c(C)nc3n2)C1. The first kappa shape index (κ1) is 17.4. The minimum Gasteiger partial charge on any atom is -0.342 e. The van der Waals surface area contributed by atoms with Gasteiger partial charge in [-0.15, -0.1) is 0 Å². The number of amides is 1. The van der Waals surface area contributed by atoms with Crippen LogP contribution >= 0.6 is 0 Å². The molecule has 0 saturated carbocycles. The Balaban J connectivity index is 2.17. The molecule has 134 valence electrons. The quantitative estimate of drug-likeness (QED) is 0.853. The number of carbonyl (C=O) groups excluding carboxylic acids is 1. The number of likely N-dealkylation sites (tertiary alicyclic amines) is 1. The first-order chi connectivity index (χ1) is 11.7. The van der Waals surface area contributed by atoms with E-state index in [0.29, 0.717) is 25.9 Å². The molecule has 0 aromatic carbocycles. The Bertz CT molecular complexity index is 891. The zero-order valence-electron chi connectivity index (χ0n) is 13.8. The molecule has 1 saturated heterocycles. The molecular weight excluding hydrogens is 337 g/mol. The van der Waals surface area contributed by atoms with E-state index in [0.717, 1.165) is 6.07 Å². The number of carbonyl (C=O) groups is 1. The molecule has 6 nitrogen and oxygen atoms in total. The highest BCUT2D eigenvalue weighted by atomic mass is 19.4. The van der Waals surface area contributed by atoms with E-state index in [1.807, 2.05) is 0 Å². The van der Waals surface area contributed by atoms with Crippen LogP contribution in [0.1, 0.15) is 42.8 Å². The van der Waals surface area contributed by atoms with E-state index in [-0.39, 0.29) is 29.0 Å². The van der Waals surface area contributed by atoms with Gasteiger partial charge in [-0.2, -0.15) is 13.2 Å². The Morgan fingerprint density at radius 1 is 1.36 bits per heavy atom. The van der Waals surface area contributed by atoms with Crippen LogP contribution in [0.15, 0.2) is 10.9 Å². The predicted octanol–water partition coefficient (Wildman–Crippen LogP) is 2.37. The van der Waals surface area contributed by atoms with Gasteiger partial charge in [0.05, 0.1) is 10.9 Å². The minimum absolute atomic E-state index is 0.119. The van der Waals surface area contributed by atoms with E-state index < -0.39 is 22.7 Å². The third-order valence-corrected chi connectivity index (χ3v) is 4.41. The van der Waals surface area contributed by atoms with Crippen molar-refractivity contribution in [2.24, 2.45) is 0 Å². The molecule has 0 spiro atoms. The van der Waals surface area contributed by atoms with Gasteiger partial charge < -0.3 is 9.88 Å². The van der Waals surface area contributed by atoms with Gasteiger partial charge in [-0.25, -0.2) is 9.97 Å². The second-order valence-electron chi connectivity index (χ2n) is 6.25. The second kappa shape index (κ2) is 6.12. The summed E-state index contributed by atoms with van der Waals surface area (Å²) in [6.45, 7) is 3.82. The Kier molecular flexibility index (Phi) is 4.26. The molecule has 0 unspecified atom stereocenters. The van der Waals surface area contributed by atoms with Gasteiger partial charge in [0.15, 0.2) is 5.65 Å². The highest BCUT2D eigenvalue weighted by molar-refractivity contribution is 5.79. The van der Waals surface area contributed by atoms with Crippen LogP contribution in [0.25, 0.3) is 11.0 Å². The number of piperidine rings is 1. The number of halogens is 3. The number of aryl methyl sites for hydroxylation is 1. The van der Waals surface area contributed by atoms with Gasteiger partial charge in [0, 0.05) is 31.6 Å².